The third-order valence-electron chi connectivity index (χ3n) is 1.54. The zero-order valence-electron chi connectivity index (χ0n) is 7.17. The molecule has 0 spiro atoms. The lowest BCUT2D eigenvalue weighted by Gasteiger charge is -2.08. The minimum Gasteiger partial charge on any atom is -0.461 e. The molecular weight excluding hydrogens is 157 g/mol. The van der Waals surface area contributed by atoms with Crippen LogP contribution in [0, 0.1) is 6.92 Å². The Balaban J connectivity index is 2.82. The smallest absolute Gasteiger partial charge is 0.235 e. The highest BCUT2D eigenvalue weighted by Crippen LogP contribution is 2.19. The molecule has 1 unspecified atom stereocenters. The van der Waals surface area contributed by atoms with E-state index in [0.717, 1.165) is 5.56 Å². The Labute approximate surface area is 71.1 Å². The number of aryl methyl sites for hydroxylation is 1. The molecule has 12 heavy (non-hydrogen) atoms. The highest BCUT2D eigenvalue weighted by atomic mass is 19.1. The van der Waals surface area contributed by atoms with E-state index in [4.69, 9.17) is 10.5 Å². The molecule has 1 aromatic carbocycles. The Hall–Kier alpha value is -1.25. The second-order valence-electron chi connectivity index (χ2n) is 2.68. The molecular formula is C9H12FNO. The average Bonchev–Trinajstić information content (AvgIpc) is 1.96. The molecule has 0 aliphatic heterocycles. The van der Waals surface area contributed by atoms with Crippen LogP contribution in [0.15, 0.2) is 18.2 Å². The van der Waals surface area contributed by atoms with Crippen molar-refractivity contribution in [2.75, 3.05) is 5.73 Å². The number of hydrogen-bond donors (Lipinski definition) is 1. The third-order valence-corrected chi connectivity index (χ3v) is 1.54. The maximum Gasteiger partial charge on any atom is 0.235 e. The van der Waals surface area contributed by atoms with Crippen LogP contribution < -0.4 is 10.5 Å². The highest BCUT2D eigenvalue weighted by molar-refractivity contribution is 5.49. The van der Waals surface area contributed by atoms with E-state index >= 15 is 0 Å². The van der Waals surface area contributed by atoms with Gasteiger partial charge in [0.25, 0.3) is 0 Å². The molecule has 0 saturated heterocycles. The summed E-state index contributed by atoms with van der Waals surface area (Å²) in [6, 6.07) is 5.07. The molecule has 66 valence electrons. The average molecular weight is 169 g/mol. The highest BCUT2D eigenvalue weighted by Gasteiger charge is 2.01. The Morgan fingerprint density at radius 2 is 2.17 bits per heavy atom. The summed E-state index contributed by atoms with van der Waals surface area (Å²) in [7, 11) is 0. The number of halogens is 1. The summed E-state index contributed by atoms with van der Waals surface area (Å²) in [5, 5.41) is 0. The van der Waals surface area contributed by atoms with Gasteiger partial charge in [0, 0.05) is 12.6 Å². The van der Waals surface area contributed by atoms with Crippen LogP contribution in [0.1, 0.15) is 12.5 Å². The number of ether oxygens (including phenoxy) is 1. The van der Waals surface area contributed by atoms with Gasteiger partial charge in [-0.25, -0.2) is 4.39 Å². The van der Waals surface area contributed by atoms with E-state index in [0.29, 0.717) is 11.4 Å². The lowest BCUT2D eigenvalue weighted by atomic mass is 10.2. The molecule has 1 aromatic rings. The lowest BCUT2D eigenvalue weighted by molar-refractivity contribution is 0.0860. The molecule has 0 fully saturated rings. The number of hydrogen-bond acceptors (Lipinski definition) is 2. The van der Waals surface area contributed by atoms with Gasteiger partial charge in [0.1, 0.15) is 5.75 Å². The normalized spacial score (nSPS) is 12.6. The summed E-state index contributed by atoms with van der Waals surface area (Å²) in [4.78, 5) is 0. The molecule has 0 aromatic heterocycles. The minimum atomic E-state index is -1.28. The van der Waals surface area contributed by atoms with Crippen molar-refractivity contribution in [1.29, 1.82) is 0 Å². The maximum absolute atomic E-state index is 12.4. The van der Waals surface area contributed by atoms with Crippen LogP contribution in [0.5, 0.6) is 5.75 Å². The number of rotatable bonds is 2. The number of nitrogens with two attached hydrogens (primary N) is 1. The van der Waals surface area contributed by atoms with Gasteiger partial charge in [-0.15, -0.1) is 0 Å². The number of nitrogen functional groups attached to an aromatic ring is 1. The van der Waals surface area contributed by atoms with E-state index in [-0.39, 0.29) is 0 Å². The van der Waals surface area contributed by atoms with E-state index in [1.165, 1.54) is 6.92 Å². The van der Waals surface area contributed by atoms with Crippen molar-refractivity contribution in [3.63, 3.8) is 0 Å². The molecule has 0 radical (unpaired) electrons. The van der Waals surface area contributed by atoms with Crippen molar-refractivity contribution in [3.05, 3.63) is 23.8 Å². The van der Waals surface area contributed by atoms with E-state index in [2.05, 4.69) is 0 Å². The minimum absolute atomic E-state index is 0.511. The van der Waals surface area contributed by atoms with Crippen LogP contribution in [-0.4, -0.2) is 6.36 Å². The lowest BCUT2D eigenvalue weighted by Crippen LogP contribution is -2.04. The second kappa shape index (κ2) is 3.43. The first kappa shape index (κ1) is 8.84. The molecule has 1 rings (SSSR count). The van der Waals surface area contributed by atoms with Crippen LogP contribution in [0.3, 0.4) is 0 Å². The van der Waals surface area contributed by atoms with Crippen LogP contribution in [0.2, 0.25) is 0 Å². The van der Waals surface area contributed by atoms with Crippen molar-refractivity contribution >= 4 is 5.69 Å². The first-order valence-corrected chi connectivity index (χ1v) is 3.76. The Bertz CT molecular complexity index is 273. The summed E-state index contributed by atoms with van der Waals surface area (Å²) < 4.78 is 17.2. The fraction of sp³-hybridized carbons (Fsp3) is 0.333. The van der Waals surface area contributed by atoms with E-state index < -0.39 is 6.36 Å². The first-order chi connectivity index (χ1) is 5.59. The van der Waals surface area contributed by atoms with E-state index in [1.807, 2.05) is 6.92 Å². The standard InChI is InChI=1S/C9H12FNO/c1-6-5-8(12-7(2)10)3-4-9(6)11/h3-5,7H,11H2,1-2H3. The summed E-state index contributed by atoms with van der Waals surface area (Å²) in [5.74, 6) is 0.511. The molecule has 1 atom stereocenters. The van der Waals surface area contributed by atoms with Gasteiger partial charge in [0.15, 0.2) is 0 Å². The summed E-state index contributed by atoms with van der Waals surface area (Å²) in [5.41, 5.74) is 7.16. The number of alkyl halides is 1. The van der Waals surface area contributed by atoms with Crippen LogP contribution in [0.4, 0.5) is 10.1 Å². The summed E-state index contributed by atoms with van der Waals surface area (Å²) in [6.07, 6.45) is -1.28. The maximum atomic E-state index is 12.4. The van der Waals surface area contributed by atoms with E-state index in [1.54, 1.807) is 18.2 Å². The second-order valence-corrected chi connectivity index (χ2v) is 2.68. The van der Waals surface area contributed by atoms with Crippen LogP contribution in [-0.2, 0) is 0 Å². The van der Waals surface area contributed by atoms with Crippen molar-refractivity contribution in [2.24, 2.45) is 0 Å². The van der Waals surface area contributed by atoms with Crippen molar-refractivity contribution in [2.45, 2.75) is 20.2 Å². The van der Waals surface area contributed by atoms with Gasteiger partial charge in [-0.1, -0.05) is 0 Å². The molecule has 0 amide bonds. The largest absolute Gasteiger partial charge is 0.461 e. The first-order valence-electron chi connectivity index (χ1n) is 3.76. The molecule has 0 heterocycles. The monoisotopic (exact) mass is 169 g/mol. The zero-order valence-corrected chi connectivity index (χ0v) is 7.17. The van der Waals surface area contributed by atoms with Gasteiger partial charge < -0.3 is 10.5 Å². The van der Waals surface area contributed by atoms with Gasteiger partial charge in [-0.2, -0.15) is 0 Å². The molecule has 2 nitrogen and oxygen atoms in total. The van der Waals surface area contributed by atoms with Gasteiger partial charge >= 0.3 is 0 Å². The summed E-state index contributed by atoms with van der Waals surface area (Å²) >= 11 is 0. The van der Waals surface area contributed by atoms with Crippen molar-refractivity contribution < 1.29 is 9.13 Å². The quantitative estimate of drug-likeness (QED) is 0.689. The van der Waals surface area contributed by atoms with Gasteiger partial charge in [-0.05, 0) is 30.7 Å². The van der Waals surface area contributed by atoms with Crippen molar-refractivity contribution in [1.82, 2.24) is 0 Å². The zero-order chi connectivity index (χ0) is 9.14. The van der Waals surface area contributed by atoms with Crippen LogP contribution >= 0.6 is 0 Å². The molecule has 3 heteroatoms. The fourth-order valence-corrected chi connectivity index (χ4v) is 0.909. The molecule has 0 bridgehead atoms. The molecule has 0 aliphatic rings. The van der Waals surface area contributed by atoms with Crippen molar-refractivity contribution in [3.8, 4) is 5.75 Å². The Morgan fingerprint density at radius 3 is 2.67 bits per heavy atom. The van der Waals surface area contributed by atoms with E-state index in [9.17, 15) is 4.39 Å². The Morgan fingerprint density at radius 1 is 1.50 bits per heavy atom. The molecule has 0 saturated carbocycles. The number of benzene rings is 1. The fourth-order valence-electron chi connectivity index (χ4n) is 0.909. The SMILES string of the molecule is Cc1cc(OC(C)F)ccc1N. The van der Waals surface area contributed by atoms with Crippen LogP contribution in [0.25, 0.3) is 0 Å². The molecule has 2 N–H and O–H groups in total. The van der Waals surface area contributed by atoms with Gasteiger partial charge in [0.05, 0.1) is 0 Å². The number of anilines is 1. The summed E-state index contributed by atoms with van der Waals surface area (Å²) in [6.45, 7) is 3.19. The topological polar surface area (TPSA) is 35.2 Å². The van der Waals surface area contributed by atoms with Gasteiger partial charge in [0.2, 0.25) is 6.36 Å². The molecule has 0 aliphatic carbocycles. The third kappa shape index (κ3) is 2.12. The van der Waals surface area contributed by atoms with Gasteiger partial charge in [-0.3, -0.25) is 0 Å². The predicted molar refractivity (Wildman–Crippen MR) is 46.8 cm³/mol. The predicted octanol–water partition coefficient (Wildman–Crippen LogP) is 2.27. The Kier molecular flexibility index (Phi) is 2.53.